The van der Waals surface area contributed by atoms with Crippen LogP contribution in [0.15, 0.2) is 34.2 Å². The minimum atomic E-state index is -4.57. The van der Waals surface area contributed by atoms with Crippen molar-refractivity contribution in [3.8, 4) is 11.1 Å². The number of hydrazine groups is 3. The smallest absolute Gasteiger partial charge is 0.255 e. The van der Waals surface area contributed by atoms with Crippen LogP contribution in [0.1, 0.15) is 22.1 Å². The molecule has 34 heavy (non-hydrogen) atoms. The van der Waals surface area contributed by atoms with Crippen LogP contribution in [0, 0.1) is 0 Å². The zero-order valence-corrected chi connectivity index (χ0v) is 19.5. The summed E-state index contributed by atoms with van der Waals surface area (Å²) >= 11 is 0. The minimum absolute atomic E-state index is 0.0254. The van der Waals surface area contributed by atoms with Gasteiger partial charge in [0.2, 0.25) is 10.0 Å². The Labute approximate surface area is 195 Å². The molecule has 17 heteroatoms. The maximum Gasteiger partial charge on any atom is 0.255 e. The number of carbonyl (C=O) groups is 1. The number of sulfonamides is 1. The van der Waals surface area contributed by atoms with Crippen LogP contribution in [0.5, 0.6) is 0 Å². The number of hydrogen-bond acceptors (Lipinski definition) is 13. The van der Waals surface area contributed by atoms with Gasteiger partial charge in [-0.25, -0.2) is 37.8 Å². The van der Waals surface area contributed by atoms with E-state index in [2.05, 4.69) is 32.2 Å². The van der Waals surface area contributed by atoms with Crippen LogP contribution in [0.3, 0.4) is 0 Å². The number of pyridine rings is 1. The highest BCUT2D eigenvalue weighted by Gasteiger charge is 2.34. The Balaban J connectivity index is 2.32. The van der Waals surface area contributed by atoms with Crippen LogP contribution in [0.2, 0.25) is 0 Å². The van der Waals surface area contributed by atoms with Crippen molar-refractivity contribution < 1.29 is 21.6 Å². The average molecular weight is 515 g/mol. The second-order valence-electron chi connectivity index (χ2n) is 7.18. The van der Waals surface area contributed by atoms with Crippen LogP contribution in [0.25, 0.3) is 11.1 Å². The number of anilines is 1. The van der Waals surface area contributed by atoms with Crippen LogP contribution < -0.4 is 49.6 Å². The van der Waals surface area contributed by atoms with Crippen molar-refractivity contribution in [2.75, 3.05) is 31.1 Å². The van der Waals surface area contributed by atoms with Gasteiger partial charge in [0, 0.05) is 37.0 Å². The summed E-state index contributed by atoms with van der Waals surface area (Å²) in [7, 11) is -8.68. The standard InChI is InChI=1S/C17H26N10O5S2/c18-3-5-22-17(28)11-7-9(8-23-15(11)20)10-1-2-12(33(29,30)6-4-19)14(34(21,31)32)13(10)16-24-26-27-25-16/h1-2,7-8,16,24-27H,3-6,18-19H2,(H2,20,23)(H,22,28)(H2,21,31,32). The lowest BCUT2D eigenvalue weighted by atomic mass is 9.97. The number of nitrogens with zero attached hydrogens (tertiary/aromatic N) is 1. The Hall–Kier alpha value is -2.74. The van der Waals surface area contributed by atoms with E-state index in [1.54, 1.807) is 0 Å². The Morgan fingerprint density at radius 2 is 1.76 bits per heavy atom. The lowest BCUT2D eigenvalue weighted by molar-refractivity contribution is 0.0955. The number of hydrogen-bond donors (Lipinski definition) is 9. The second-order valence-corrected chi connectivity index (χ2v) is 10.8. The molecular weight excluding hydrogens is 488 g/mol. The van der Waals surface area contributed by atoms with Crippen molar-refractivity contribution in [1.29, 1.82) is 0 Å². The van der Waals surface area contributed by atoms with Crippen molar-refractivity contribution in [2.45, 2.75) is 16.0 Å². The second kappa shape index (κ2) is 10.3. The SMILES string of the molecule is NCCNC(=O)c1cc(-c2ccc(S(=O)(=O)CCN)c(S(N)(=O)=O)c2C2NNNN2)cnc1N. The molecule has 1 fully saturated rings. The molecule has 2 aromatic rings. The molecule has 0 spiro atoms. The number of nitrogen functional groups attached to an aromatic ring is 1. The molecule has 1 aromatic carbocycles. The molecule has 1 aliphatic heterocycles. The first-order chi connectivity index (χ1) is 16.0. The summed E-state index contributed by atoms with van der Waals surface area (Å²) in [6.45, 7) is 0.179. The number of rotatable bonds is 9. The summed E-state index contributed by atoms with van der Waals surface area (Å²) < 4.78 is 51.1. The molecular formula is C17H26N10O5S2. The number of nitrogens with one attached hydrogen (secondary N) is 5. The normalized spacial score (nSPS) is 14.9. The van der Waals surface area contributed by atoms with E-state index in [9.17, 15) is 21.6 Å². The van der Waals surface area contributed by atoms with Gasteiger partial charge in [-0.1, -0.05) is 6.07 Å². The zero-order chi connectivity index (χ0) is 25.1. The highest BCUT2D eigenvalue weighted by atomic mass is 32.2. The van der Waals surface area contributed by atoms with Crippen LogP contribution >= 0.6 is 0 Å². The number of benzene rings is 1. The van der Waals surface area contributed by atoms with E-state index >= 15 is 0 Å². The summed E-state index contributed by atoms with van der Waals surface area (Å²) in [6.07, 6.45) is 0.369. The first-order valence-electron chi connectivity index (χ1n) is 9.89. The largest absolute Gasteiger partial charge is 0.383 e. The highest BCUT2D eigenvalue weighted by Crippen LogP contribution is 2.37. The van der Waals surface area contributed by atoms with E-state index in [4.69, 9.17) is 22.3 Å². The maximum absolute atomic E-state index is 12.8. The molecule has 0 atom stereocenters. The van der Waals surface area contributed by atoms with Gasteiger partial charge in [0.25, 0.3) is 5.91 Å². The molecule has 15 nitrogen and oxygen atoms in total. The summed E-state index contributed by atoms with van der Waals surface area (Å²) in [5.41, 5.74) is 27.8. The topological polar surface area (TPSA) is 262 Å². The fourth-order valence-electron chi connectivity index (χ4n) is 3.40. The van der Waals surface area contributed by atoms with E-state index < -0.39 is 47.5 Å². The Morgan fingerprint density at radius 3 is 2.35 bits per heavy atom. The third-order valence-corrected chi connectivity index (χ3v) is 7.78. The van der Waals surface area contributed by atoms with E-state index in [0.29, 0.717) is 0 Å². The number of carbonyl (C=O) groups excluding carboxylic acids is 1. The van der Waals surface area contributed by atoms with Crippen molar-refractivity contribution in [1.82, 2.24) is 32.2 Å². The molecule has 0 bridgehead atoms. The lowest BCUT2D eigenvalue weighted by Crippen LogP contribution is -2.33. The molecule has 1 aromatic heterocycles. The average Bonchev–Trinajstić information content (AvgIpc) is 3.31. The van der Waals surface area contributed by atoms with Crippen LogP contribution in [-0.4, -0.2) is 53.1 Å². The predicted octanol–water partition coefficient (Wildman–Crippen LogP) is -3.49. The number of sulfone groups is 1. The molecule has 0 aliphatic carbocycles. The van der Waals surface area contributed by atoms with Gasteiger partial charge in [-0.2, -0.15) is 11.1 Å². The molecule has 186 valence electrons. The van der Waals surface area contributed by atoms with Crippen LogP contribution in [0.4, 0.5) is 5.82 Å². The summed E-state index contributed by atoms with van der Waals surface area (Å²) in [6, 6.07) is 3.93. The van der Waals surface area contributed by atoms with E-state index in [1.807, 2.05) is 0 Å². The van der Waals surface area contributed by atoms with E-state index in [-0.39, 0.29) is 47.7 Å². The monoisotopic (exact) mass is 514 g/mol. The number of amides is 1. The van der Waals surface area contributed by atoms with Crippen molar-refractivity contribution in [2.24, 2.45) is 16.6 Å². The van der Waals surface area contributed by atoms with Crippen LogP contribution in [-0.2, 0) is 19.9 Å². The van der Waals surface area contributed by atoms with Gasteiger partial charge < -0.3 is 22.5 Å². The molecule has 2 heterocycles. The van der Waals surface area contributed by atoms with Gasteiger partial charge in [0.05, 0.1) is 16.2 Å². The fraction of sp³-hybridized carbons (Fsp3) is 0.294. The number of nitrogens with two attached hydrogens (primary N) is 4. The number of primary sulfonamides is 1. The Kier molecular flexibility index (Phi) is 7.81. The van der Waals surface area contributed by atoms with E-state index in [0.717, 1.165) is 6.07 Å². The minimum Gasteiger partial charge on any atom is -0.383 e. The van der Waals surface area contributed by atoms with Gasteiger partial charge in [-0.05, 0) is 17.7 Å². The molecule has 13 N–H and O–H groups in total. The molecule has 3 rings (SSSR count). The fourth-order valence-corrected chi connectivity index (χ4v) is 6.21. The zero-order valence-electron chi connectivity index (χ0n) is 17.8. The molecule has 1 aliphatic rings. The lowest BCUT2D eigenvalue weighted by Gasteiger charge is -2.21. The third-order valence-electron chi connectivity index (χ3n) is 4.85. The molecule has 0 unspecified atom stereocenters. The summed E-state index contributed by atoms with van der Waals surface area (Å²) in [5, 5.41) is 8.07. The molecule has 1 amide bonds. The Morgan fingerprint density at radius 1 is 1.09 bits per heavy atom. The summed E-state index contributed by atoms with van der Waals surface area (Å²) in [5.74, 6) is -1.09. The van der Waals surface area contributed by atoms with Gasteiger partial charge in [0.15, 0.2) is 9.84 Å². The van der Waals surface area contributed by atoms with Gasteiger partial charge in [-0.15, -0.1) is 0 Å². The first-order valence-corrected chi connectivity index (χ1v) is 13.1. The van der Waals surface area contributed by atoms with Crippen molar-refractivity contribution in [3.05, 3.63) is 35.5 Å². The quantitative estimate of drug-likeness (QED) is 0.157. The van der Waals surface area contributed by atoms with Gasteiger partial charge >= 0.3 is 0 Å². The van der Waals surface area contributed by atoms with Crippen molar-refractivity contribution >= 4 is 31.6 Å². The molecule has 0 radical (unpaired) electrons. The van der Waals surface area contributed by atoms with Gasteiger partial charge in [-0.3, -0.25) is 4.79 Å². The Bertz CT molecular complexity index is 1290. The van der Waals surface area contributed by atoms with Gasteiger partial charge in [0.1, 0.15) is 16.9 Å². The number of aromatic nitrogens is 1. The summed E-state index contributed by atoms with van der Waals surface area (Å²) in [4.78, 5) is 15.4. The predicted molar refractivity (Wildman–Crippen MR) is 123 cm³/mol. The molecule has 0 saturated carbocycles. The van der Waals surface area contributed by atoms with Crippen molar-refractivity contribution in [3.63, 3.8) is 0 Å². The highest BCUT2D eigenvalue weighted by molar-refractivity contribution is 7.93. The first kappa shape index (κ1) is 25.9. The maximum atomic E-state index is 12.8. The third kappa shape index (κ3) is 5.32. The molecule has 1 saturated heterocycles. The van der Waals surface area contributed by atoms with E-state index in [1.165, 1.54) is 18.3 Å².